The summed E-state index contributed by atoms with van der Waals surface area (Å²) >= 11 is 0. The number of benzene rings is 1. The fraction of sp³-hybridized carbons (Fsp3) is 0.593. The Kier molecular flexibility index (Phi) is 8.35. The predicted molar refractivity (Wildman–Crippen MR) is 139 cm³/mol. The summed E-state index contributed by atoms with van der Waals surface area (Å²) < 4.78 is 33.1. The first-order valence-electron chi connectivity index (χ1n) is 13.3. The Morgan fingerprint density at radius 3 is 2.49 bits per heavy atom. The van der Waals surface area contributed by atoms with Crippen molar-refractivity contribution in [3.05, 3.63) is 47.5 Å². The minimum atomic E-state index is -2.80. The maximum Gasteiger partial charge on any atom is 0.475 e. The highest BCUT2D eigenvalue weighted by molar-refractivity contribution is 6.43. The van der Waals surface area contributed by atoms with Crippen molar-refractivity contribution < 1.29 is 33.2 Å². The first kappa shape index (κ1) is 29.0. The number of carbonyl (C=O) groups excluding carboxylic acids is 2. The number of likely N-dealkylation sites (tertiary alicyclic amines) is 1. The van der Waals surface area contributed by atoms with Crippen LogP contribution in [-0.4, -0.2) is 87.6 Å². The number of nitrogens with zero attached hydrogens (tertiary/aromatic N) is 3. The van der Waals surface area contributed by atoms with Crippen LogP contribution in [0.3, 0.4) is 0 Å². The molecular weight excluding hydrogens is 509 g/mol. The number of nitrogens with one attached hydrogen (secondary N) is 1. The molecule has 2 amide bonds. The van der Waals surface area contributed by atoms with Crippen LogP contribution in [0.1, 0.15) is 51.5 Å². The molecule has 3 aliphatic heterocycles. The molecule has 12 heteroatoms. The molecule has 1 aromatic carbocycles. The van der Waals surface area contributed by atoms with Gasteiger partial charge in [0, 0.05) is 24.5 Å². The number of halogens is 2. The number of alkyl halides is 2. The van der Waals surface area contributed by atoms with E-state index in [0.717, 1.165) is 5.56 Å². The van der Waals surface area contributed by atoms with Gasteiger partial charge in [-0.15, -0.1) is 0 Å². The van der Waals surface area contributed by atoms with E-state index in [0.29, 0.717) is 25.7 Å². The van der Waals surface area contributed by atoms with E-state index in [-0.39, 0.29) is 37.6 Å². The van der Waals surface area contributed by atoms with Crippen molar-refractivity contribution in [2.45, 2.75) is 81.4 Å². The molecule has 4 rings (SSSR count). The van der Waals surface area contributed by atoms with Gasteiger partial charge in [-0.05, 0) is 57.6 Å². The monoisotopic (exact) mass is 544 g/mol. The van der Waals surface area contributed by atoms with Crippen molar-refractivity contribution in [2.24, 2.45) is 0 Å². The lowest BCUT2D eigenvalue weighted by Crippen LogP contribution is -2.52. The summed E-state index contributed by atoms with van der Waals surface area (Å²) in [4.78, 5) is 29.5. The Morgan fingerprint density at radius 2 is 1.92 bits per heavy atom. The molecule has 39 heavy (non-hydrogen) atoms. The smallest absolute Gasteiger partial charge is 0.447 e. The molecule has 3 saturated heterocycles. The van der Waals surface area contributed by atoms with Gasteiger partial charge in [0.25, 0.3) is 11.8 Å². The number of hydrogen-bond donors (Lipinski definition) is 3. The van der Waals surface area contributed by atoms with E-state index in [1.165, 1.54) is 6.08 Å². The lowest BCUT2D eigenvalue weighted by Gasteiger charge is -2.36. The van der Waals surface area contributed by atoms with Crippen LogP contribution < -0.4 is 5.32 Å². The van der Waals surface area contributed by atoms with E-state index < -0.39 is 48.6 Å². The van der Waals surface area contributed by atoms with Crippen LogP contribution in [0.15, 0.2) is 42.0 Å². The number of fused-ring (bicyclic) bond motifs is 2. The highest BCUT2D eigenvalue weighted by Gasteiger charge is 2.55. The third-order valence-electron chi connectivity index (χ3n) is 8.25. The van der Waals surface area contributed by atoms with E-state index in [1.54, 1.807) is 47.9 Å². The summed E-state index contributed by atoms with van der Waals surface area (Å²) in [7, 11) is -1.81. The van der Waals surface area contributed by atoms with E-state index in [9.17, 15) is 33.7 Å². The van der Waals surface area contributed by atoms with Gasteiger partial charge in [0.15, 0.2) is 0 Å². The number of nitriles is 1. The van der Waals surface area contributed by atoms with Crippen LogP contribution in [0.2, 0.25) is 0 Å². The van der Waals surface area contributed by atoms with E-state index in [1.807, 2.05) is 12.1 Å². The minimum Gasteiger partial charge on any atom is -0.447 e. The molecule has 1 aromatic rings. The van der Waals surface area contributed by atoms with Crippen LogP contribution in [-0.2, 0) is 16.0 Å². The van der Waals surface area contributed by atoms with Crippen molar-refractivity contribution in [1.29, 1.82) is 5.26 Å². The molecule has 0 unspecified atom stereocenters. The zero-order valence-electron chi connectivity index (χ0n) is 22.3. The van der Waals surface area contributed by atoms with Gasteiger partial charge in [0.1, 0.15) is 18.2 Å². The molecule has 0 aliphatic carbocycles. The zero-order chi connectivity index (χ0) is 28.4. The minimum absolute atomic E-state index is 0.106. The lowest BCUT2D eigenvalue weighted by molar-refractivity contribution is -0.132. The van der Waals surface area contributed by atoms with Gasteiger partial charge in [0.05, 0.1) is 18.0 Å². The molecule has 3 heterocycles. The van der Waals surface area contributed by atoms with Gasteiger partial charge in [-0.3, -0.25) is 9.69 Å². The van der Waals surface area contributed by atoms with E-state index >= 15 is 0 Å². The van der Waals surface area contributed by atoms with Crippen molar-refractivity contribution in [1.82, 2.24) is 15.1 Å². The lowest BCUT2D eigenvalue weighted by atomic mass is 9.76. The fourth-order valence-electron chi connectivity index (χ4n) is 6.06. The summed E-state index contributed by atoms with van der Waals surface area (Å²) in [5.41, 5.74) is -1.03. The van der Waals surface area contributed by atoms with Crippen LogP contribution in [0.25, 0.3) is 0 Å². The van der Waals surface area contributed by atoms with Crippen LogP contribution in [0.5, 0.6) is 0 Å². The second-order valence-electron chi connectivity index (χ2n) is 11.4. The summed E-state index contributed by atoms with van der Waals surface area (Å²) in [6, 6.07) is 10.9. The largest absolute Gasteiger partial charge is 0.475 e. The average molecular weight is 544 g/mol. The maximum absolute atomic E-state index is 13.8. The van der Waals surface area contributed by atoms with Crippen LogP contribution in [0, 0.1) is 11.3 Å². The zero-order valence-corrected chi connectivity index (χ0v) is 22.3. The molecule has 2 bridgehead atoms. The highest BCUT2D eigenvalue weighted by Crippen LogP contribution is 2.47. The Morgan fingerprint density at radius 1 is 1.26 bits per heavy atom. The molecule has 0 saturated carbocycles. The van der Waals surface area contributed by atoms with Gasteiger partial charge >= 0.3 is 13.2 Å². The quantitative estimate of drug-likeness (QED) is 0.248. The number of carbonyl (C=O) groups is 2. The number of rotatable bonds is 9. The molecule has 3 fully saturated rings. The van der Waals surface area contributed by atoms with Gasteiger partial charge in [-0.25, -0.2) is 13.6 Å². The third-order valence-corrected chi connectivity index (χ3v) is 8.25. The van der Waals surface area contributed by atoms with E-state index in [2.05, 4.69) is 5.32 Å². The summed E-state index contributed by atoms with van der Waals surface area (Å²) in [6.45, 7) is 3.04. The number of alkyl carbamates (subject to hydrolysis) is 1. The van der Waals surface area contributed by atoms with Gasteiger partial charge < -0.3 is 25.0 Å². The van der Waals surface area contributed by atoms with Gasteiger partial charge in [0.2, 0.25) is 0 Å². The number of ether oxygens (including phenoxy) is 1. The second kappa shape index (κ2) is 11.2. The van der Waals surface area contributed by atoms with Gasteiger partial charge in [-0.1, -0.05) is 30.3 Å². The maximum atomic E-state index is 13.8. The molecule has 1 atom stereocenters. The number of hydrogen-bond acceptors (Lipinski definition) is 7. The fourth-order valence-corrected chi connectivity index (χ4v) is 6.06. The van der Waals surface area contributed by atoms with Gasteiger partial charge in [-0.2, -0.15) is 5.26 Å². The average Bonchev–Trinajstić information content (AvgIpc) is 3.57. The van der Waals surface area contributed by atoms with E-state index in [4.69, 9.17) is 4.74 Å². The topological polar surface area (TPSA) is 126 Å². The molecule has 0 aromatic heterocycles. The standard InChI is InChI=1S/C27H35BF2N4O5/c1-25(2,33-13-12-27(29,30)17-33)15-20(16-31)23(35)34-21-8-10-26(34,11-9-21)18-39-24(36)32-22(28(37)38)14-19-6-4-3-5-7-19/h3-7,15,21-22,37-38H,8-14,17-18H2,1-2H3,(H,32,36)/t21?,22-,26?/m0/s1. The third kappa shape index (κ3) is 6.43. The summed E-state index contributed by atoms with van der Waals surface area (Å²) in [5, 5.41) is 31.9. The Hall–Kier alpha value is -3.01. The number of amides is 2. The Labute approximate surface area is 227 Å². The van der Waals surface area contributed by atoms with Crippen LogP contribution >= 0.6 is 0 Å². The molecular formula is C27H35BF2N4O5. The molecule has 0 radical (unpaired) electrons. The second-order valence-corrected chi connectivity index (χ2v) is 11.4. The Bertz CT molecular complexity index is 1130. The first-order chi connectivity index (χ1) is 18.4. The summed E-state index contributed by atoms with van der Waals surface area (Å²) in [5.74, 6) is -4.29. The molecule has 9 nitrogen and oxygen atoms in total. The molecule has 210 valence electrons. The van der Waals surface area contributed by atoms with Crippen molar-refractivity contribution in [3.8, 4) is 6.07 Å². The molecule has 0 spiro atoms. The first-order valence-corrected chi connectivity index (χ1v) is 13.3. The molecule has 3 N–H and O–H groups in total. The summed E-state index contributed by atoms with van der Waals surface area (Å²) in [6.07, 6.45) is 3.11. The normalized spacial score (nSPS) is 25.3. The molecule has 3 aliphatic rings. The highest BCUT2D eigenvalue weighted by atomic mass is 19.3. The SMILES string of the molecule is CC(C)(C=C(C#N)C(=O)N1C2CCC1(COC(=O)N[C@@H](Cc1ccccc1)B(O)O)CC2)N1CCC(F)(F)C1. The van der Waals surface area contributed by atoms with Crippen molar-refractivity contribution in [2.75, 3.05) is 19.7 Å². The van der Waals surface area contributed by atoms with Crippen molar-refractivity contribution in [3.63, 3.8) is 0 Å². The van der Waals surface area contributed by atoms with Crippen LogP contribution in [0.4, 0.5) is 13.6 Å². The predicted octanol–water partition coefficient (Wildman–Crippen LogP) is 2.43. The Balaban J connectivity index is 1.43. The van der Waals surface area contributed by atoms with Crippen molar-refractivity contribution >= 4 is 19.1 Å².